The normalized spacial score (nSPS) is 14.0. The minimum atomic E-state index is -4.78. The van der Waals surface area contributed by atoms with Crippen LogP contribution in [0.5, 0.6) is 0 Å². The van der Waals surface area contributed by atoms with E-state index in [1.165, 1.54) is 6.92 Å². The van der Waals surface area contributed by atoms with Crippen LogP contribution in [0.3, 0.4) is 0 Å². The first-order valence-electron chi connectivity index (χ1n) is 10.8. The maximum atomic E-state index is 12.6. The van der Waals surface area contributed by atoms with E-state index in [-0.39, 0.29) is 5.75 Å². The Kier molecular flexibility index (Phi) is 11.9. The molecule has 3 N–H and O–H groups in total. The van der Waals surface area contributed by atoms with E-state index < -0.39 is 30.0 Å². The zero-order valence-electron chi connectivity index (χ0n) is 18.8. The Hall–Kier alpha value is -1.28. The third-order valence-corrected chi connectivity index (χ3v) is 6.78. The molecule has 0 amide bonds. The molecule has 0 saturated carbocycles. The van der Waals surface area contributed by atoms with Gasteiger partial charge in [0.2, 0.25) is 10.0 Å². The molecule has 0 spiro atoms. The minimum Gasteiger partial charge on any atom is -0.303 e. The van der Waals surface area contributed by atoms with Gasteiger partial charge in [-0.1, -0.05) is 82.9 Å². The van der Waals surface area contributed by atoms with Crippen molar-refractivity contribution in [2.75, 3.05) is 5.75 Å². The molecule has 2 unspecified atom stereocenters. The highest BCUT2D eigenvalue weighted by molar-refractivity contribution is 7.89. The molecule has 0 fully saturated rings. The van der Waals surface area contributed by atoms with Gasteiger partial charge in [0.25, 0.3) is 0 Å². The van der Waals surface area contributed by atoms with Gasteiger partial charge in [0.05, 0.1) is 17.9 Å². The molecule has 7 nitrogen and oxygen atoms in total. The monoisotopic (exact) mass is 473 g/mol. The molecule has 2 aromatic rings. The molecule has 31 heavy (non-hydrogen) atoms. The van der Waals surface area contributed by atoms with Crippen LogP contribution >= 0.6 is 7.82 Å². The highest BCUT2D eigenvalue weighted by Crippen LogP contribution is 2.40. The second-order valence-corrected chi connectivity index (χ2v) is 10.3. The Morgan fingerprint density at radius 2 is 1.61 bits per heavy atom. The topological polar surface area (TPSA) is 113 Å². The van der Waals surface area contributed by atoms with Crippen molar-refractivity contribution < 1.29 is 27.3 Å². The summed E-state index contributed by atoms with van der Waals surface area (Å²) in [6.07, 6.45) is 3.42. The molecule has 176 valence electrons. The Labute approximate surface area is 186 Å². The predicted octanol–water partition coefficient (Wildman–Crippen LogP) is 5.29. The van der Waals surface area contributed by atoms with Crippen molar-refractivity contribution in [1.82, 2.24) is 4.72 Å². The maximum absolute atomic E-state index is 12.6. The number of hydrogen-bond donors (Lipinski definition) is 3. The van der Waals surface area contributed by atoms with E-state index in [2.05, 4.69) is 11.6 Å². The number of benzene rings is 2. The van der Waals surface area contributed by atoms with Crippen molar-refractivity contribution in [2.45, 2.75) is 71.9 Å². The average Bonchev–Trinajstić information content (AvgIpc) is 2.72. The molecule has 2 rings (SSSR count). The van der Waals surface area contributed by atoms with Crippen LogP contribution in [0.25, 0.3) is 10.8 Å². The van der Waals surface area contributed by atoms with Gasteiger partial charge >= 0.3 is 7.82 Å². The van der Waals surface area contributed by atoms with E-state index in [0.717, 1.165) is 36.5 Å². The van der Waals surface area contributed by atoms with Crippen LogP contribution in [0.15, 0.2) is 42.5 Å². The van der Waals surface area contributed by atoms with Gasteiger partial charge in [-0.3, -0.25) is 4.52 Å². The lowest BCUT2D eigenvalue weighted by Crippen LogP contribution is -2.37. The first-order valence-corrected chi connectivity index (χ1v) is 14.0. The van der Waals surface area contributed by atoms with Crippen molar-refractivity contribution in [1.29, 1.82) is 0 Å². The third kappa shape index (κ3) is 10.3. The predicted molar refractivity (Wildman–Crippen MR) is 126 cm³/mol. The van der Waals surface area contributed by atoms with E-state index in [9.17, 15) is 22.8 Å². The van der Waals surface area contributed by atoms with Crippen molar-refractivity contribution in [2.24, 2.45) is 0 Å². The highest BCUT2D eigenvalue weighted by Gasteiger charge is 2.30. The van der Waals surface area contributed by atoms with E-state index in [0.29, 0.717) is 12.0 Å². The SMILES string of the molecule is CC.CCCCCCCS(=O)(=O)NC(c1ccc2ccccc2c1)C(C)OP(=O)(O)O. The van der Waals surface area contributed by atoms with E-state index in [1.54, 1.807) is 6.07 Å². The summed E-state index contributed by atoms with van der Waals surface area (Å²) in [5, 5.41) is 1.88. The largest absolute Gasteiger partial charge is 0.469 e. The summed E-state index contributed by atoms with van der Waals surface area (Å²) in [5.41, 5.74) is 0.583. The van der Waals surface area contributed by atoms with E-state index >= 15 is 0 Å². The number of fused-ring (bicyclic) bond motifs is 1. The summed E-state index contributed by atoms with van der Waals surface area (Å²) in [7, 11) is -8.43. The van der Waals surface area contributed by atoms with Crippen molar-refractivity contribution >= 4 is 28.6 Å². The van der Waals surface area contributed by atoms with Crippen LogP contribution in [-0.2, 0) is 19.1 Å². The van der Waals surface area contributed by atoms with Gasteiger partial charge in [0.15, 0.2) is 0 Å². The summed E-state index contributed by atoms with van der Waals surface area (Å²) in [4.78, 5) is 18.4. The molecule has 0 heterocycles. The highest BCUT2D eigenvalue weighted by atomic mass is 32.2. The molecule has 0 aromatic heterocycles. The van der Waals surface area contributed by atoms with Crippen LogP contribution in [0.1, 0.15) is 71.4 Å². The quantitative estimate of drug-likeness (QED) is 0.285. The molecule has 2 atom stereocenters. The van der Waals surface area contributed by atoms with Gasteiger partial charge in [0, 0.05) is 0 Å². The zero-order chi connectivity index (χ0) is 23.5. The fourth-order valence-electron chi connectivity index (χ4n) is 3.26. The number of nitrogens with one attached hydrogen (secondary N) is 1. The Bertz CT molecular complexity index is 944. The molecule has 0 radical (unpaired) electrons. The Morgan fingerprint density at radius 3 is 2.23 bits per heavy atom. The number of phosphoric acid groups is 1. The first-order chi connectivity index (χ1) is 14.6. The smallest absolute Gasteiger partial charge is 0.303 e. The Morgan fingerprint density at radius 1 is 1.00 bits per heavy atom. The number of hydrogen-bond acceptors (Lipinski definition) is 4. The maximum Gasteiger partial charge on any atom is 0.469 e. The first kappa shape index (κ1) is 27.8. The van der Waals surface area contributed by atoms with Gasteiger partial charge in [-0.15, -0.1) is 0 Å². The molecule has 0 bridgehead atoms. The third-order valence-electron chi connectivity index (χ3n) is 4.73. The van der Waals surface area contributed by atoms with E-state index in [4.69, 9.17) is 4.52 Å². The molecule has 0 aliphatic rings. The lowest BCUT2D eigenvalue weighted by molar-refractivity contribution is 0.121. The fraction of sp³-hybridized carbons (Fsp3) is 0.545. The second kappa shape index (κ2) is 13.3. The van der Waals surface area contributed by atoms with Crippen LogP contribution < -0.4 is 4.72 Å². The molecular formula is C22H36NO6PS. The molecule has 2 aromatic carbocycles. The van der Waals surface area contributed by atoms with Crippen LogP contribution in [0.2, 0.25) is 0 Å². The molecule has 0 saturated heterocycles. The van der Waals surface area contributed by atoms with Crippen LogP contribution in [0.4, 0.5) is 0 Å². The summed E-state index contributed by atoms with van der Waals surface area (Å²) < 4.78 is 44.0. The Balaban J connectivity index is 0.00000233. The number of phosphoric ester groups is 1. The molecule has 0 aliphatic carbocycles. The average molecular weight is 474 g/mol. The second-order valence-electron chi connectivity index (χ2n) is 7.24. The van der Waals surface area contributed by atoms with Crippen molar-refractivity contribution in [3.63, 3.8) is 0 Å². The van der Waals surface area contributed by atoms with Crippen LogP contribution in [-0.4, -0.2) is 30.1 Å². The van der Waals surface area contributed by atoms with Gasteiger partial charge in [0.1, 0.15) is 0 Å². The van der Waals surface area contributed by atoms with E-state index in [1.807, 2.05) is 50.2 Å². The summed E-state index contributed by atoms with van der Waals surface area (Å²) in [5.74, 6) is -0.0383. The van der Waals surface area contributed by atoms with Gasteiger partial charge in [-0.05, 0) is 35.7 Å². The molecule has 9 heteroatoms. The van der Waals surface area contributed by atoms with Gasteiger partial charge in [-0.25, -0.2) is 17.7 Å². The summed E-state index contributed by atoms with van der Waals surface area (Å²) in [6.45, 7) is 7.54. The number of rotatable bonds is 12. The fourth-order valence-corrected chi connectivity index (χ4v) is 5.23. The standard InChI is InChI=1S/C20H30NO6PS.C2H6/c1-3-4-5-6-9-14-29(25,26)21-20(16(2)27-28(22,23)24)19-13-12-17-10-7-8-11-18(17)15-19;1-2/h7-8,10-13,15-16,20-21H,3-6,9,14H2,1-2H3,(H2,22,23,24);1-2H3. The van der Waals surface area contributed by atoms with Crippen molar-refractivity contribution in [3.8, 4) is 0 Å². The molecule has 0 aliphatic heterocycles. The lowest BCUT2D eigenvalue weighted by atomic mass is 9.99. The van der Waals surface area contributed by atoms with Crippen LogP contribution in [0, 0.1) is 0 Å². The van der Waals surface area contributed by atoms with Gasteiger partial charge < -0.3 is 9.79 Å². The number of unbranched alkanes of at least 4 members (excludes halogenated alkanes) is 4. The van der Waals surface area contributed by atoms with Gasteiger partial charge in [-0.2, -0.15) is 0 Å². The van der Waals surface area contributed by atoms with Crippen molar-refractivity contribution in [3.05, 3.63) is 48.0 Å². The molecular weight excluding hydrogens is 437 g/mol. The summed E-state index contributed by atoms with van der Waals surface area (Å²) in [6, 6.07) is 12.1. The zero-order valence-corrected chi connectivity index (χ0v) is 20.5. The summed E-state index contributed by atoms with van der Waals surface area (Å²) >= 11 is 0. The lowest BCUT2D eigenvalue weighted by Gasteiger charge is -2.26. The minimum absolute atomic E-state index is 0.0383. The number of sulfonamides is 1.